The number of aromatic nitrogens is 5. The van der Waals surface area contributed by atoms with E-state index in [4.69, 9.17) is 0 Å². The summed E-state index contributed by atoms with van der Waals surface area (Å²) in [5, 5.41) is 7.59. The zero-order chi connectivity index (χ0) is 17.1. The van der Waals surface area contributed by atoms with E-state index >= 15 is 0 Å². The SMILES string of the molecule is CCCn1ncnc1[C@@H](C)NC(=O)c1nc(=O)[nH]c2ccccc12. The fraction of sp³-hybridized carbons (Fsp3) is 0.312. The number of H-pyrrole nitrogens is 1. The Morgan fingerprint density at radius 3 is 2.96 bits per heavy atom. The standard InChI is InChI=1S/C16H18N6O2/c1-3-8-22-14(17-9-18-22)10(2)19-15(23)13-11-6-4-5-7-12(11)20-16(24)21-13/h4-7,9-10H,3,8H2,1-2H3,(H,19,23)(H,20,21,24)/t10-/m1/s1. The topological polar surface area (TPSA) is 106 Å². The molecule has 2 N–H and O–H groups in total. The Balaban J connectivity index is 1.90. The molecule has 3 aromatic rings. The van der Waals surface area contributed by atoms with Gasteiger partial charge in [0.25, 0.3) is 5.91 Å². The molecule has 2 aromatic heterocycles. The van der Waals surface area contributed by atoms with Gasteiger partial charge < -0.3 is 10.3 Å². The first-order valence-electron chi connectivity index (χ1n) is 7.77. The summed E-state index contributed by atoms with van der Waals surface area (Å²) in [6.45, 7) is 4.59. The van der Waals surface area contributed by atoms with Crippen molar-refractivity contribution in [1.82, 2.24) is 30.0 Å². The normalized spacial score (nSPS) is 12.2. The van der Waals surface area contributed by atoms with Crippen LogP contribution in [0.5, 0.6) is 0 Å². The number of amides is 1. The monoisotopic (exact) mass is 326 g/mol. The molecule has 0 saturated carbocycles. The average Bonchev–Trinajstić information content (AvgIpc) is 3.02. The second-order valence-corrected chi connectivity index (χ2v) is 5.47. The van der Waals surface area contributed by atoms with Gasteiger partial charge in [-0.05, 0) is 19.4 Å². The molecule has 0 aliphatic rings. The number of para-hydroxylation sites is 1. The number of nitrogens with zero attached hydrogens (tertiary/aromatic N) is 4. The molecule has 8 nitrogen and oxygen atoms in total. The fourth-order valence-corrected chi connectivity index (χ4v) is 2.60. The van der Waals surface area contributed by atoms with E-state index in [1.54, 1.807) is 28.9 Å². The van der Waals surface area contributed by atoms with E-state index in [2.05, 4.69) is 25.4 Å². The molecule has 0 aliphatic carbocycles. The lowest BCUT2D eigenvalue weighted by atomic mass is 10.1. The van der Waals surface area contributed by atoms with Gasteiger partial charge in [-0.25, -0.2) is 14.5 Å². The summed E-state index contributed by atoms with van der Waals surface area (Å²) in [6.07, 6.45) is 2.38. The number of carbonyl (C=O) groups excluding carboxylic acids is 1. The Hall–Kier alpha value is -3.03. The highest BCUT2D eigenvalue weighted by Gasteiger charge is 2.19. The van der Waals surface area contributed by atoms with Crippen molar-refractivity contribution in [3.8, 4) is 0 Å². The predicted molar refractivity (Wildman–Crippen MR) is 88.6 cm³/mol. The summed E-state index contributed by atoms with van der Waals surface area (Å²) in [7, 11) is 0. The summed E-state index contributed by atoms with van der Waals surface area (Å²) in [6, 6.07) is 6.70. The summed E-state index contributed by atoms with van der Waals surface area (Å²) in [5.41, 5.74) is 0.118. The molecule has 2 heterocycles. The first kappa shape index (κ1) is 15.9. The van der Waals surface area contributed by atoms with Crippen LogP contribution in [-0.4, -0.2) is 30.6 Å². The molecule has 1 amide bonds. The van der Waals surface area contributed by atoms with Gasteiger partial charge in [0.05, 0.1) is 11.6 Å². The highest BCUT2D eigenvalue weighted by atomic mass is 16.2. The zero-order valence-corrected chi connectivity index (χ0v) is 13.5. The molecule has 0 aliphatic heterocycles. The zero-order valence-electron chi connectivity index (χ0n) is 13.5. The van der Waals surface area contributed by atoms with Gasteiger partial charge in [-0.2, -0.15) is 10.1 Å². The molecule has 124 valence electrons. The van der Waals surface area contributed by atoms with Gasteiger partial charge in [0.2, 0.25) is 0 Å². The number of carbonyl (C=O) groups is 1. The summed E-state index contributed by atoms with van der Waals surface area (Å²) in [5.74, 6) is 0.246. The van der Waals surface area contributed by atoms with Crippen LogP contribution in [0.3, 0.4) is 0 Å². The molecule has 0 fully saturated rings. The molecule has 0 bridgehead atoms. The van der Waals surface area contributed by atoms with E-state index in [-0.39, 0.29) is 11.7 Å². The number of hydrogen-bond acceptors (Lipinski definition) is 5. The Bertz CT molecular complexity index is 929. The van der Waals surface area contributed by atoms with Gasteiger partial charge in [0, 0.05) is 11.9 Å². The van der Waals surface area contributed by atoms with E-state index in [1.807, 2.05) is 13.8 Å². The van der Waals surface area contributed by atoms with Crippen LogP contribution in [0, 0.1) is 0 Å². The van der Waals surface area contributed by atoms with E-state index in [0.29, 0.717) is 16.7 Å². The minimum atomic E-state index is -0.555. The number of hydrogen-bond donors (Lipinski definition) is 2. The first-order valence-corrected chi connectivity index (χ1v) is 7.77. The maximum absolute atomic E-state index is 12.6. The van der Waals surface area contributed by atoms with Crippen LogP contribution in [0.1, 0.15) is 42.6 Å². The Kier molecular flexibility index (Phi) is 4.37. The molecule has 0 radical (unpaired) electrons. The maximum Gasteiger partial charge on any atom is 0.346 e. The molecule has 0 unspecified atom stereocenters. The molecule has 0 spiro atoms. The maximum atomic E-state index is 12.6. The fourth-order valence-electron chi connectivity index (χ4n) is 2.60. The van der Waals surface area contributed by atoms with Gasteiger partial charge in [-0.1, -0.05) is 25.1 Å². The van der Waals surface area contributed by atoms with Gasteiger partial charge in [-0.15, -0.1) is 0 Å². The number of aryl methyl sites for hydroxylation is 1. The summed E-state index contributed by atoms with van der Waals surface area (Å²) >= 11 is 0. The minimum Gasteiger partial charge on any atom is -0.341 e. The third-order valence-corrected chi connectivity index (χ3v) is 3.67. The Morgan fingerprint density at radius 1 is 1.38 bits per heavy atom. The average molecular weight is 326 g/mol. The van der Waals surface area contributed by atoms with Crippen molar-refractivity contribution in [2.75, 3.05) is 0 Å². The smallest absolute Gasteiger partial charge is 0.341 e. The lowest BCUT2D eigenvalue weighted by Crippen LogP contribution is -2.31. The van der Waals surface area contributed by atoms with Crippen molar-refractivity contribution < 1.29 is 4.79 Å². The van der Waals surface area contributed by atoms with Crippen LogP contribution < -0.4 is 11.0 Å². The number of aromatic amines is 1. The van der Waals surface area contributed by atoms with Crippen LogP contribution in [0.25, 0.3) is 10.9 Å². The number of benzene rings is 1. The summed E-state index contributed by atoms with van der Waals surface area (Å²) in [4.78, 5) is 34.9. The van der Waals surface area contributed by atoms with E-state index in [1.165, 1.54) is 6.33 Å². The van der Waals surface area contributed by atoms with Crippen molar-refractivity contribution in [3.63, 3.8) is 0 Å². The highest BCUT2D eigenvalue weighted by Crippen LogP contribution is 2.15. The van der Waals surface area contributed by atoms with Crippen LogP contribution in [0.2, 0.25) is 0 Å². The van der Waals surface area contributed by atoms with E-state index in [9.17, 15) is 9.59 Å². The van der Waals surface area contributed by atoms with Gasteiger partial charge >= 0.3 is 5.69 Å². The third-order valence-electron chi connectivity index (χ3n) is 3.67. The van der Waals surface area contributed by atoms with Gasteiger partial charge in [-0.3, -0.25) is 4.79 Å². The largest absolute Gasteiger partial charge is 0.346 e. The highest BCUT2D eigenvalue weighted by molar-refractivity contribution is 6.04. The van der Waals surface area contributed by atoms with Crippen molar-refractivity contribution in [1.29, 1.82) is 0 Å². The molecule has 0 saturated heterocycles. The lowest BCUT2D eigenvalue weighted by molar-refractivity contribution is 0.0934. The van der Waals surface area contributed by atoms with Crippen molar-refractivity contribution in [2.45, 2.75) is 32.9 Å². The van der Waals surface area contributed by atoms with Crippen LogP contribution in [0.4, 0.5) is 0 Å². The second-order valence-electron chi connectivity index (χ2n) is 5.47. The quantitative estimate of drug-likeness (QED) is 0.737. The molecule has 3 rings (SSSR count). The molecular formula is C16H18N6O2. The summed E-state index contributed by atoms with van der Waals surface area (Å²) < 4.78 is 1.76. The predicted octanol–water partition coefficient (Wildman–Crippen LogP) is 1.42. The number of fused-ring (bicyclic) bond motifs is 1. The molecule has 1 atom stereocenters. The Labute approximate surface area is 137 Å². The number of rotatable bonds is 5. The lowest BCUT2D eigenvalue weighted by Gasteiger charge is -2.14. The van der Waals surface area contributed by atoms with Crippen LogP contribution in [0.15, 0.2) is 35.4 Å². The molecule has 1 aromatic carbocycles. The third kappa shape index (κ3) is 3.03. The molecule has 24 heavy (non-hydrogen) atoms. The van der Waals surface area contributed by atoms with E-state index in [0.717, 1.165) is 13.0 Å². The second kappa shape index (κ2) is 6.61. The van der Waals surface area contributed by atoms with Crippen LogP contribution in [-0.2, 0) is 6.54 Å². The van der Waals surface area contributed by atoms with E-state index < -0.39 is 11.6 Å². The van der Waals surface area contributed by atoms with Crippen LogP contribution >= 0.6 is 0 Å². The minimum absolute atomic E-state index is 0.0998. The molecule has 8 heteroatoms. The number of nitrogens with one attached hydrogen (secondary N) is 2. The van der Waals surface area contributed by atoms with Crippen molar-refractivity contribution in [2.24, 2.45) is 0 Å². The van der Waals surface area contributed by atoms with Gasteiger partial charge in [0.15, 0.2) is 0 Å². The van der Waals surface area contributed by atoms with Gasteiger partial charge in [0.1, 0.15) is 17.8 Å². The van der Waals surface area contributed by atoms with Crippen molar-refractivity contribution >= 4 is 16.8 Å². The molecular weight excluding hydrogens is 308 g/mol. The first-order chi connectivity index (χ1) is 11.6. The Morgan fingerprint density at radius 2 is 2.17 bits per heavy atom. The van der Waals surface area contributed by atoms with Crippen molar-refractivity contribution in [3.05, 3.63) is 52.6 Å².